The molecular formula is C14H24N2O3. The Morgan fingerprint density at radius 2 is 1.42 bits per heavy atom. The summed E-state index contributed by atoms with van der Waals surface area (Å²) in [4.78, 5) is 23.6. The van der Waals surface area contributed by atoms with Crippen LogP contribution in [0.2, 0.25) is 0 Å². The largest absolute Gasteiger partial charge is 0.480 e. The summed E-state index contributed by atoms with van der Waals surface area (Å²) in [6.45, 7) is 2.04. The first-order valence-corrected chi connectivity index (χ1v) is 7.30. The molecule has 0 spiro atoms. The van der Waals surface area contributed by atoms with Crippen molar-refractivity contribution in [3.63, 3.8) is 0 Å². The summed E-state index contributed by atoms with van der Waals surface area (Å²) in [6, 6.07) is -0.325. The smallest absolute Gasteiger partial charge is 0.329 e. The molecular weight excluding hydrogens is 244 g/mol. The van der Waals surface area contributed by atoms with Gasteiger partial charge in [0.15, 0.2) is 0 Å². The maximum absolute atomic E-state index is 12.1. The Morgan fingerprint density at radius 3 is 1.95 bits per heavy atom. The van der Waals surface area contributed by atoms with E-state index in [-0.39, 0.29) is 11.6 Å². The predicted octanol–water partition coefficient (Wildman–Crippen LogP) is 2.41. The molecule has 108 valence electrons. The van der Waals surface area contributed by atoms with Gasteiger partial charge in [-0.3, -0.25) is 0 Å². The second-order valence-corrected chi connectivity index (χ2v) is 6.29. The lowest BCUT2D eigenvalue weighted by Gasteiger charge is -2.35. The van der Waals surface area contributed by atoms with E-state index in [4.69, 9.17) is 0 Å². The van der Waals surface area contributed by atoms with Gasteiger partial charge in [-0.25, -0.2) is 9.59 Å². The minimum Gasteiger partial charge on any atom is -0.480 e. The highest BCUT2D eigenvalue weighted by molar-refractivity contribution is 5.86. The number of carboxylic acid groups (broad SMARTS) is 1. The molecule has 5 nitrogen and oxygen atoms in total. The standard InChI is InChI=1S/C14H24N2O3/c1-13(7-5-6-8-13)15-12(19)16-14(11(17)18)9-3-2-4-10-14/h2-10H2,1H3,(H,17,18)(H2,15,16,19). The number of nitrogens with one attached hydrogen (secondary N) is 2. The third kappa shape index (κ3) is 3.19. The van der Waals surface area contributed by atoms with Gasteiger partial charge in [-0.2, -0.15) is 0 Å². The van der Waals surface area contributed by atoms with Crippen molar-refractivity contribution in [1.82, 2.24) is 10.6 Å². The number of carbonyl (C=O) groups is 2. The van der Waals surface area contributed by atoms with Crippen molar-refractivity contribution in [2.24, 2.45) is 0 Å². The minimum absolute atomic E-state index is 0.168. The average Bonchev–Trinajstić information content (AvgIpc) is 2.76. The number of hydrogen-bond acceptors (Lipinski definition) is 2. The van der Waals surface area contributed by atoms with Crippen LogP contribution in [0.1, 0.15) is 64.7 Å². The van der Waals surface area contributed by atoms with Gasteiger partial charge in [0.1, 0.15) is 5.54 Å². The fourth-order valence-electron chi connectivity index (χ4n) is 3.35. The molecule has 3 N–H and O–H groups in total. The van der Waals surface area contributed by atoms with Crippen molar-refractivity contribution in [2.45, 2.75) is 75.8 Å². The molecule has 5 heteroatoms. The Kier molecular flexibility index (Phi) is 4.02. The van der Waals surface area contributed by atoms with E-state index in [9.17, 15) is 14.7 Å². The highest BCUT2D eigenvalue weighted by atomic mass is 16.4. The first-order valence-electron chi connectivity index (χ1n) is 7.30. The molecule has 0 aromatic rings. The molecule has 0 unspecified atom stereocenters. The summed E-state index contributed by atoms with van der Waals surface area (Å²) in [5, 5.41) is 15.1. The molecule has 0 atom stereocenters. The molecule has 2 rings (SSSR count). The number of urea groups is 1. The van der Waals surface area contributed by atoms with Crippen LogP contribution in [0.25, 0.3) is 0 Å². The van der Waals surface area contributed by atoms with Gasteiger partial charge in [0.2, 0.25) is 0 Å². The number of carboxylic acids is 1. The van der Waals surface area contributed by atoms with E-state index >= 15 is 0 Å². The zero-order valence-corrected chi connectivity index (χ0v) is 11.6. The number of amides is 2. The molecule has 2 aliphatic rings. The third-order valence-electron chi connectivity index (χ3n) is 4.59. The third-order valence-corrected chi connectivity index (χ3v) is 4.59. The highest BCUT2D eigenvalue weighted by Crippen LogP contribution is 2.30. The molecule has 0 radical (unpaired) electrons. The van der Waals surface area contributed by atoms with Crippen LogP contribution in [0.3, 0.4) is 0 Å². The Hall–Kier alpha value is -1.26. The molecule has 0 aliphatic heterocycles. The van der Waals surface area contributed by atoms with Crippen molar-refractivity contribution in [3.05, 3.63) is 0 Å². The molecule has 2 aliphatic carbocycles. The van der Waals surface area contributed by atoms with Crippen molar-refractivity contribution >= 4 is 12.0 Å². The van der Waals surface area contributed by atoms with Crippen molar-refractivity contribution in [2.75, 3.05) is 0 Å². The van der Waals surface area contributed by atoms with E-state index < -0.39 is 11.5 Å². The molecule has 2 amide bonds. The summed E-state index contributed by atoms with van der Waals surface area (Å²) in [5.41, 5.74) is -1.23. The fourth-order valence-corrected chi connectivity index (χ4v) is 3.35. The summed E-state index contributed by atoms with van der Waals surface area (Å²) >= 11 is 0. The highest BCUT2D eigenvalue weighted by Gasteiger charge is 2.42. The SMILES string of the molecule is CC1(NC(=O)NC2(C(=O)O)CCCCC2)CCCC1. The van der Waals surface area contributed by atoms with Gasteiger partial charge in [0.05, 0.1) is 0 Å². The molecule has 0 bridgehead atoms. The van der Waals surface area contributed by atoms with E-state index in [0.717, 1.165) is 44.9 Å². The zero-order valence-electron chi connectivity index (χ0n) is 11.6. The Balaban J connectivity index is 1.97. The first-order chi connectivity index (χ1) is 8.96. The molecule has 19 heavy (non-hydrogen) atoms. The van der Waals surface area contributed by atoms with Gasteiger partial charge < -0.3 is 15.7 Å². The van der Waals surface area contributed by atoms with Crippen LogP contribution in [-0.4, -0.2) is 28.2 Å². The number of carbonyl (C=O) groups excluding carboxylic acids is 1. The maximum Gasteiger partial charge on any atom is 0.329 e. The van der Waals surface area contributed by atoms with Crippen LogP contribution in [0.15, 0.2) is 0 Å². The number of rotatable bonds is 3. The normalized spacial score (nSPS) is 24.7. The second kappa shape index (κ2) is 5.39. The topological polar surface area (TPSA) is 78.4 Å². The van der Waals surface area contributed by atoms with E-state index in [1.807, 2.05) is 6.92 Å². The van der Waals surface area contributed by atoms with E-state index in [2.05, 4.69) is 10.6 Å². The molecule has 0 heterocycles. The minimum atomic E-state index is -1.06. The lowest BCUT2D eigenvalue weighted by atomic mass is 9.82. The molecule has 2 fully saturated rings. The Bertz CT molecular complexity index is 356. The lowest BCUT2D eigenvalue weighted by molar-refractivity contribution is -0.145. The van der Waals surface area contributed by atoms with Crippen LogP contribution >= 0.6 is 0 Å². The van der Waals surface area contributed by atoms with Crippen LogP contribution in [0, 0.1) is 0 Å². The van der Waals surface area contributed by atoms with Crippen molar-refractivity contribution in [3.8, 4) is 0 Å². The van der Waals surface area contributed by atoms with Gasteiger partial charge in [-0.05, 0) is 32.6 Å². The van der Waals surface area contributed by atoms with Crippen LogP contribution in [-0.2, 0) is 4.79 Å². The van der Waals surface area contributed by atoms with Crippen LogP contribution < -0.4 is 10.6 Å². The van der Waals surface area contributed by atoms with Crippen molar-refractivity contribution < 1.29 is 14.7 Å². The van der Waals surface area contributed by atoms with Gasteiger partial charge in [-0.1, -0.05) is 32.1 Å². The quantitative estimate of drug-likeness (QED) is 0.735. The second-order valence-electron chi connectivity index (χ2n) is 6.29. The monoisotopic (exact) mass is 268 g/mol. The fraction of sp³-hybridized carbons (Fsp3) is 0.857. The Morgan fingerprint density at radius 1 is 0.895 bits per heavy atom. The Labute approximate surface area is 114 Å². The van der Waals surface area contributed by atoms with Crippen LogP contribution in [0.5, 0.6) is 0 Å². The first kappa shape index (κ1) is 14.2. The average molecular weight is 268 g/mol. The van der Waals surface area contributed by atoms with E-state index in [0.29, 0.717) is 12.8 Å². The molecule has 0 saturated heterocycles. The zero-order chi connectivity index (χ0) is 13.9. The number of hydrogen-bond donors (Lipinski definition) is 3. The summed E-state index contributed by atoms with van der Waals surface area (Å²) in [5.74, 6) is -0.904. The summed E-state index contributed by atoms with van der Waals surface area (Å²) in [7, 11) is 0. The summed E-state index contributed by atoms with van der Waals surface area (Å²) < 4.78 is 0. The van der Waals surface area contributed by atoms with E-state index in [1.165, 1.54) is 0 Å². The van der Waals surface area contributed by atoms with Gasteiger partial charge in [-0.15, -0.1) is 0 Å². The number of aliphatic carboxylic acids is 1. The van der Waals surface area contributed by atoms with Crippen molar-refractivity contribution in [1.29, 1.82) is 0 Å². The van der Waals surface area contributed by atoms with Gasteiger partial charge >= 0.3 is 12.0 Å². The predicted molar refractivity (Wildman–Crippen MR) is 72.0 cm³/mol. The van der Waals surface area contributed by atoms with Crippen LogP contribution in [0.4, 0.5) is 4.79 Å². The summed E-state index contributed by atoms with van der Waals surface area (Å²) in [6.07, 6.45) is 8.05. The van der Waals surface area contributed by atoms with E-state index in [1.54, 1.807) is 0 Å². The molecule has 2 saturated carbocycles. The lowest BCUT2D eigenvalue weighted by Crippen LogP contribution is -2.60. The molecule has 0 aromatic heterocycles. The molecule has 0 aromatic carbocycles. The van der Waals surface area contributed by atoms with Gasteiger partial charge in [0, 0.05) is 5.54 Å². The van der Waals surface area contributed by atoms with Gasteiger partial charge in [0.25, 0.3) is 0 Å². The maximum atomic E-state index is 12.1.